The lowest BCUT2D eigenvalue weighted by atomic mass is 9.91. The van der Waals surface area contributed by atoms with Gasteiger partial charge in [0, 0.05) is 37.0 Å². The molecule has 1 fully saturated rings. The van der Waals surface area contributed by atoms with Gasteiger partial charge in [-0.1, -0.05) is 24.3 Å². The van der Waals surface area contributed by atoms with Gasteiger partial charge in [-0.2, -0.15) is 5.10 Å². The Kier molecular flexibility index (Phi) is 9.30. The van der Waals surface area contributed by atoms with Gasteiger partial charge in [0.15, 0.2) is 6.10 Å². The minimum atomic E-state index is -1.17. The van der Waals surface area contributed by atoms with Gasteiger partial charge in [0.2, 0.25) is 0 Å². The molecule has 0 amide bonds. The van der Waals surface area contributed by atoms with Crippen LogP contribution in [-0.2, 0) is 14.3 Å². The topological polar surface area (TPSA) is 85.5 Å². The lowest BCUT2D eigenvalue weighted by molar-refractivity contribution is -0.160. The summed E-state index contributed by atoms with van der Waals surface area (Å²) in [5.41, 5.74) is 5.24. The quantitative estimate of drug-likeness (QED) is 0.236. The summed E-state index contributed by atoms with van der Waals surface area (Å²) in [5.74, 6) is -0.826. The zero-order chi connectivity index (χ0) is 34.4. The number of carboxylic acids is 1. The van der Waals surface area contributed by atoms with Crippen molar-refractivity contribution in [2.45, 2.75) is 104 Å². The number of benzene rings is 2. The van der Waals surface area contributed by atoms with E-state index in [-0.39, 0.29) is 17.5 Å². The molecule has 0 spiro atoms. The Morgan fingerprint density at radius 1 is 1.08 bits per heavy atom. The van der Waals surface area contributed by atoms with Gasteiger partial charge in [-0.3, -0.25) is 0 Å². The molecule has 4 aromatic rings. The zero-order valence-corrected chi connectivity index (χ0v) is 29.2. The second kappa shape index (κ2) is 13.2. The Morgan fingerprint density at radius 2 is 1.81 bits per heavy atom. The maximum atomic E-state index is 15.9. The number of pyridine rings is 1. The van der Waals surface area contributed by atoms with Crippen LogP contribution in [0.2, 0.25) is 0 Å². The predicted octanol–water partition coefficient (Wildman–Crippen LogP) is 8.69. The summed E-state index contributed by atoms with van der Waals surface area (Å²) < 4.78 is 36.8. The minimum Gasteiger partial charge on any atom is -0.490 e. The monoisotopic (exact) mass is 657 g/mol. The lowest BCUT2D eigenvalue weighted by Gasteiger charge is -2.42. The molecule has 0 aliphatic carbocycles. The second-order valence-electron chi connectivity index (χ2n) is 14.7. The van der Waals surface area contributed by atoms with E-state index in [2.05, 4.69) is 11.8 Å². The number of halogens is 1. The van der Waals surface area contributed by atoms with Gasteiger partial charge < -0.3 is 24.2 Å². The fourth-order valence-electron chi connectivity index (χ4n) is 6.98. The number of hydrogen-bond donors (Lipinski definition) is 1. The van der Waals surface area contributed by atoms with Crippen molar-refractivity contribution in [2.75, 3.05) is 24.6 Å². The van der Waals surface area contributed by atoms with Crippen molar-refractivity contribution in [3.63, 3.8) is 0 Å². The molecule has 3 aliphatic rings. The van der Waals surface area contributed by atoms with Crippen LogP contribution in [0.4, 0.5) is 10.1 Å². The fraction of sp³-hybridized carbons (Fsp3) is 0.487. The normalized spacial score (nSPS) is 21.2. The Balaban J connectivity index is 1.55. The number of fused-ring (bicyclic) bond motifs is 8. The first-order valence-electron chi connectivity index (χ1n) is 17.1. The van der Waals surface area contributed by atoms with E-state index in [1.165, 1.54) is 0 Å². The van der Waals surface area contributed by atoms with Crippen molar-refractivity contribution in [2.24, 2.45) is 0 Å². The maximum Gasteiger partial charge on any atom is 0.337 e. The number of ether oxygens (including phenoxy) is 3. The molecule has 9 heteroatoms. The highest BCUT2D eigenvalue weighted by Gasteiger charge is 2.37. The van der Waals surface area contributed by atoms with Crippen molar-refractivity contribution < 1.29 is 28.5 Å². The number of aliphatic carboxylic acids is 1. The van der Waals surface area contributed by atoms with Crippen LogP contribution in [0.1, 0.15) is 89.5 Å². The number of nitrogens with zero attached hydrogens (tertiary/aromatic N) is 3. The van der Waals surface area contributed by atoms with E-state index in [0.29, 0.717) is 53.4 Å². The molecule has 2 atom stereocenters. The third-order valence-corrected chi connectivity index (χ3v) is 9.60. The number of anilines is 1. The van der Waals surface area contributed by atoms with E-state index >= 15 is 4.39 Å². The van der Waals surface area contributed by atoms with E-state index in [1.807, 2.05) is 81.7 Å². The summed E-state index contributed by atoms with van der Waals surface area (Å²) in [6.45, 7) is 15.5. The molecular formula is C39H48FN3O5. The van der Waals surface area contributed by atoms with Crippen LogP contribution in [-0.4, -0.2) is 57.7 Å². The molecule has 6 bridgehead atoms. The number of rotatable bonds is 3. The first-order chi connectivity index (χ1) is 22.7. The van der Waals surface area contributed by atoms with Crippen molar-refractivity contribution in [3.05, 3.63) is 71.2 Å². The van der Waals surface area contributed by atoms with Crippen LogP contribution < -0.4 is 9.64 Å². The van der Waals surface area contributed by atoms with Gasteiger partial charge in [0.1, 0.15) is 11.6 Å². The average Bonchev–Trinajstić information content (AvgIpc) is 3.44. The molecule has 0 saturated carbocycles. The predicted molar refractivity (Wildman–Crippen MR) is 186 cm³/mol. The van der Waals surface area contributed by atoms with Crippen molar-refractivity contribution in [1.82, 2.24) is 9.61 Å². The van der Waals surface area contributed by atoms with Gasteiger partial charge in [-0.15, -0.1) is 0 Å². The Labute approximate surface area is 282 Å². The number of carboxylic acid groups (broad SMARTS) is 1. The summed E-state index contributed by atoms with van der Waals surface area (Å²) >= 11 is 0. The van der Waals surface area contributed by atoms with Crippen LogP contribution >= 0.6 is 0 Å². The molecule has 1 N–H and O–H groups in total. The van der Waals surface area contributed by atoms with Crippen LogP contribution in [0.3, 0.4) is 0 Å². The third-order valence-electron chi connectivity index (χ3n) is 9.60. The van der Waals surface area contributed by atoms with Crippen LogP contribution in [0.25, 0.3) is 27.9 Å². The summed E-state index contributed by atoms with van der Waals surface area (Å²) in [6.07, 6.45) is 4.87. The van der Waals surface area contributed by atoms with Crippen molar-refractivity contribution in [3.8, 4) is 28.1 Å². The van der Waals surface area contributed by atoms with E-state index in [4.69, 9.17) is 19.3 Å². The molecule has 7 rings (SSSR count). The third kappa shape index (κ3) is 6.94. The van der Waals surface area contributed by atoms with Crippen LogP contribution in [0.15, 0.2) is 48.7 Å². The summed E-state index contributed by atoms with van der Waals surface area (Å²) in [7, 11) is 0. The molecule has 1 saturated heterocycles. The first-order valence-corrected chi connectivity index (χ1v) is 17.1. The van der Waals surface area contributed by atoms with E-state index in [0.717, 1.165) is 54.4 Å². The van der Waals surface area contributed by atoms with Gasteiger partial charge in [-0.05, 0) is 115 Å². The highest BCUT2D eigenvalue weighted by molar-refractivity contribution is 5.87. The van der Waals surface area contributed by atoms with Crippen LogP contribution in [0.5, 0.6) is 5.75 Å². The summed E-state index contributed by atoms with van der Waals surface area (Å²) in [6, 6.07) is 13.4. The maximum absolute atomic E-state index is 15.9. The molecule has 256 valence electrons. The van der Waals surface area contributed by atoms with Crippen molar-refractivity contribution >= 4 is 17.2 Å². The smallest absolute Gasteiger partial charge is 0.337 e. The molecule has 2 aromatic heterocycles. The minimum absolute atomic E-state index is 0.0929. The van der Waals surface area contributed by atoms with Gasteiger partial charge in [-0.25, -0.2) is 13.7 Å². The first kappa shape index (κ1) is 33.9. The fourth-order valence-corrected chi connectivity index (χ4v) is 6.98. The molecule has 2 aromatic carbocycles. The number of carbonyl (C=O) groups is 1. The van der Waals surface area contributed by atoms with Crippen molar-refractivity contribution in [1.29, 1.82) is 0 Å². The van der Waals surface area contributed by atoms with E-state index < -0.39 is 17.7 Å². The molecule has 0 radical (unpaired) electrons. The van der Waals surface area contributed by atoms with E-state index in [9.17, 15) is 9.90 Å². The molecule has 3 aliphatic heterocycles. The van der Waals surface area contributed by atoms with Gasteiger partial charge >= 0.3 is 5.97 Å². The highest BCUT2D eigenvalue weighted by atomic mass is 19.1. The molecule has 5 heterocycles. The Morgan fingerprint density at radius 3 is 2.52 bits per heavy atom. The molecule has 8 nitrogen and oxygen atoms in total. The SMILES string of the molecule is Cc1ccc2c(c1F)-c1cccc(c1)-c1cc3c(c([C@H](OC(C)(C)C)C(=O)O)c(C)cn3n1)N1CCC(C)(CC1)OCCCC[C@H](C)O2. The number of hydrogen-bond acceptors (Lipinski definition) is 6. The number of piperidine rings is 1. The number of aromatic nitrogens is 2. The van der Waals surface area contributed by atoms with Gasteiger partial charge in [0.05, 0.1) is 39.8 Å². The average molecular weight is 658 g/mol. The summed E-state index contributed by atoms with van der Waals surface area (Å²) in [4.78, 5) is 15.1. The Bertz CT molecular complexity index is 1820. The van der Waals surface area contributed by atoms with E-state index in [1.54, 1.807) is 13.0 Å². The lowest BCUT2D eigenvalue weighted by Crippen LogP contribution is -2.45. The molecule has 48 heavy (non-hydrogen) atoms. The van der Waals surface area contributed by atoms with Gasteiger partial charge in [0.25, 0.3) is 0 Å². The summed E-state index contributed by atoms with van der Waals surface area (Å²) in [5, 5.41) is 15.5. The highest BCUT2D eigenvalue weighted by Crippen LogP contribution is 2.42. The standard InChI is InChI=1S/C39H48FN3O5/c1-24-14-15-31-33(34(24)40)28-13-10-12-27(21-28)29-22-30-35(32(25(2)23-43(30)41-29)36(37(44)45)48-38(4,5)6)42-18-16-39(7,17-19-42)46-20-9-8-11-26(3)47-31/h10,12-15,21-23,26,36H,8-9,11,16-20H2,1-7H3,(H,44,45)/t26-,36-/m0/s1. The number of aryl methyl sites for hydroxylation is 2. The zero-order valence-electron chi connectivity index (χ0n) is 29.2. The van der Waals surface area contributed by atoms with Crippen LogP contribution in [0, 0.1) is 19.7 Å². The second-order valence-corrected chi connectivity index (χ2v) is 14.7. The molecule has 0 unspecified atom stereocenters. The largest absolute Gasteiger partial charge is 0.490 e. The molecular weight excluding hydrogens is 609 g/mol. The Hall–Kier alpha value is -3.95.